The van der Waals surface area contributed by atoms with Crippen LogP contribution in [-0.4, -0.2) is 82.8 Å². The molecular formula is C23H27F3N6O5. The lowest BCUT2D eigenvalue weighted by molar-refractivity contribution is -0.149. The lowest BCUT2D eigenvalue weighted by Crippen LogP contribution is -2.49. The molecule has 0 aromatic carbocycles. The van der Waals surface area contributed by atoms with Gasteiger partial charge in [0.2, 0.25) is 0 Å². The van der Waals surface area contributed by atoms with Gasteiger partial charge in [0, 0.05) is 25.4 Å². The van der Waals surface area contributed by atoms with Crippen LogP contribution in [-0.2, 0) is 0 Å². The number of carbonyl (C=O) groups is 2. The molecule has 2 aromatic heterocycles. The Morgan fingerprint density at radius 2 is 2.08 bits per heavy atom. The second-order valence-corrected chi connectivity index (χ2v) is 8.95. The van der Waals surface area contributed by atoms with Crippen LogP contribution in [0, 0.1) is 6.92 Å². The largest absolute Gasteiger partial charge is 0.491 e. The molecule has 0 saturated carbocycles. The smallest absolute Gasteiger partial charge is 0.408 e. The zero-order valence-corrected chi connectivity index (χ0v) is 20.1. The molecule has 37 heavy (non-hydrogen) atoms. The molecule has 1 fully saturated rings. The summed E-state index contributed by atoms with van der Waals surface area (Å²) in [6.07, 6.45) is -3.66. The van der Waals surface area contributed by atoms with Gasteiger partial charge in [0.25, 0.3) is 5.91 Å². The highest BCUT2D eigenvalue weighted by Crippen LogP contribution is 2.40. The number of aliphatic hydroxyl groups is 2. The zero-order chi connectivity index (χ0) is 26.9. The Balaban J connectivity index is 1.59. The van der Waals surface area contributed by atoms with E-state index in [9.17, 15) is 27.9 Å². The molecule has 2 aliphatic rings. The van der Waals surface area contributed by atoms with Crippen LogP contribution in [0.15, 0.2) is 24.4 Å². The van der Waals surface area contributed by atoms with Gasteiger partial charge in [-0.05, 0) is 38.0 Å². The number of hydrogen-bond donors (Lipinski definition) is 4. The number of aryl methyl sites for hydroxylation is 1. The first kappa shape index (κ1) is 26.4. The Morgan fingerprint density at radius 1 is 1.32 bits per heavy atom. The summed E-state index contributed by atoms with van der Waals surface area (Å²) in [7, 11) is 0. The van der Waals surface area contributed by atoms with Crippen molar-refractivity contribution in [1.82, 2.24) is 15.3 Å². The van der Waals surface area contributed by atoms with Gasteiger partial charge in [-0.1, -0.05) is 0 Å². The Bertz CT molecular complexity index is 1180. The third-order valence-electron chi connectivity index (χ3n) is 6.16. The van der Waals surface area contributed by atoms with Crippen molar-refractivity contribution in [3.8, 4) is 5.75 Å². The molecule has 4 rings (SSSR count). The van der Waals surface area contributed by atoms with E-state index in [-0.39, 0.29) is 30.0 Å². The maximum atomic E-state index is 13.4. The summed E-state index contributed by atoms with van der Waals surface area (Å²) in [6, 6.07) is 1.67. The minimum absolute atomic E-state index is 0.145. The van der Waals surface area contributed by atoms with E-state index in [1.807, 2.05) is 10.2 Å². The summed E-state index contributed by atoms with van der Waals surface area (Å²) in [5.74, 6) is -0.377. The molecule has 2 unspecified atom stereocenters. The summed E-state index contributed by atoms with van der Waals surface area (Å²) in [5.41, 5.74) is 0.781. The zero-order valence-electron chi connectivity index (χ0n) is 20.1. The number of fused-ring (bicyclic) bond motifs is 4. The minimum atomic E-state index is -4.62. The number of hydrogen-bond acceptors (Lipinski definition) is 8. The van der Waals surface area contributed by atoms with E-state index in [0.717, 1.165) is 6.92 Å². The monoisotopic (exact) mass is 524 g/mol. The van der Waals surface area contributed by atoms with E-state index in [1.165, 1.54) is 23.2 Å². The van der Waals surface area contributed by atoms with Crippen molar-refractivity contribution in [3.05, 3.63) is 35.7 Å². The number of aromatic nitrogens is 2. The molecule has 0 spiro atoms. The molecule has 3 amide bonds. The van der Waals surface area contributed by atoms with E-state index < -0.39 is 36.9 Å². The summed E-state index contributed by atoms with van der Waals surface area (Å²) in [5, 5.41) is 23.0. The van der Waals surface area contributed by atoms with Crippen molar-refractivity contribution < 1.29 is 37.7 Å². The highest BCUT2D eigenvalue weighted by molar-refractivity contribution is 6.05. The molecule has 3 atom stereocenters. The molecule has 2 aliphatic heterocycles. The third kappa shape index (κ3) is 5.69. The normalized spacial score (nSPS) is 18.2. The van der Waals surface area contributed by atoms with Gasteiger partial charge < -0.3 is 25.2 Å². The van der Waals surface area contributed by atoms with Gasteiger partial charge in [0.05, 0.1) is 18.3 Å². The summed E-state index contributed by atoms with van der Waals surface area (Å²) >= 11 is 0. The Kier molecular flexibility index (Phi) is 7.41. The quantitative estimate of drug-likeness (QED) is 0.430. The number of halogens is 3. The van der Waals surface area contributed by atoms with Crippen molar-refractivity contribution in [2.45, 2.75) is 44.6 Å². The van der Waals surface area contributed by atoms with Gasteiger partial charge in [-0.2, -0.15) is 13.2 Å². The number of amides is 3. The van der Waals surface area contributed by atoms with Gasteiger partial charge in [-0.25, -0.2) is 14.8 Å². The molecule has 4 heterocycles. The maximum absolute atomic E-state index is 13.4. The highest BCUT2D eigenvalue weighted by Gasteiger charge is 2.42. The number of nitrogens with one attached hydrogen (secondary N) is 2. The predicted octanol–water partition coefficient (Wildman–Crippen LogP) is 1.83. The summed E-state index contributed by atoms with van der Waals surface area (Å²) in [6.45, 7) is 2.97. The van der Waals surface area contributed by atoms with Crippen LogP contribution in [0.3, 0.4) is 0 Å². The van der Waals surface area contributed by atoms with E-state index in [0.29, 0.717) is 36.5 Å². The Hall–Kier alpha value is -3.65. The van der Waals surface area contributed by atoms with E-state index in [4.69, 9.17) is 9.84 Å². The number of alkyl halides is 3. The van der Waals surface area contributed by atoms with Crippen LogP contribution in [0.2, 0.25) is 0 Å². The first-order chi connectivity index (χ1) is 17.5. The number of anilines is 3. The van der Waals surface area contributed by atoms with Crippen molar-refractivity contribution >= 4 is 29.3 Å². The molecule has 0 radical (unpaired) electrons. The van der Waals surface area contributed by atoms with E-state index >= 15 is 0 Å². The lowest BCUT2D eigenvalue weighted by atomic mass is 10.1. The van der Waals surface area contributed by atoms with E-state index in [1.54, 1.807) is 13.0 Å². The molecule has 14 heteroatoms. The number of carbonyl (C=O) groups excluding carboxylic acids is 2. The fraction of sp³-hybridized carbons (Fsp3) is 0.478. The van der Waals surface area contributed by atoms with Crippen LogP contribution in [0.5, 0.6) is 5.75 Å². The fourth-order valence-corrected chi connectivity index (χ4v) is 4.17. The minimum Gasteiger partial charge on any atom is -0.491 e. The molecular weight excluding hydrogens is 497 g/mol. The van der Waals surface area contributed by atoms with Gasteiger partial charge in [0.15, 0.2) is 5.82 Å². The predicted molar refractivity (Wildman–Crippen MR) is 127 cm³/mol. The van der Waals surface area contributed by atoms with Crippen LogP contribution < -0.4 is 25.2 Å². The van der Waals surface area contributed by atoms with Gasteiger partial charge >= 0.3 is 12.2 Å². The second kappa shape index (κ2) is 10.4. The third-order valence-corrected chi connectivity index (χ3v) is 6.16. The van der Waals surface area contributed by atoms with Gasteiger partial charge in [0.1, 0.15) is 36.0 Å². The van der Waals surface area contributed by atoms with Crippen molar-refractivity contribution in [2.75, 3.05) is 41.4 Å². The summed E-state index contributed by atoms with van der Waals surface area (Å²) < 4.78 is 44.3. The number of ether oxygens (including phenoxy) is 1. The van der Waals surface area contributed by atoms with E-state index in [2.05, 4.69) is 15.3 Å². The molecule has 2 aromatic rings. The van der Waals surface area contributed by atoms with Crippen LogP contribution in [0.25, 0.3) is 0 Å². The SMILES string of the molecule is Cc1cc2c(nc1C(=O)NC(C)C(F)(F)F)N(C(=O)Nc1cc(OCC(O)CO)ccn1)[C@H]1CCN2C1. The average molecular weight is 525 g/mol. The van der Waals surface area contributed by atoms with Crippen molar-refractivity contribution in [2.24, 2.45) is 0 Å². The Labute approximate surface area is 210 Å². The lowest BCUT2D eigenvalue weighted by Gasteiger charge is -2.36. The van der Waals surface area contributed by atoms with Crippen molar-refractivity contribution in [1.29, 1.82) is 0 Å². The molecule has 2 bridgehead atoms. The molecule has 0 aliphatic carbocycles. The fourth-order valence-electron chi connectivity index (χ4n) is 4.17. The van der Waals surface area contributed by atoms with Gasteiger partial charge in [-0.3, -0.25) is 15.0 Å². The van der Waals surface area contributed by atoms with Crippen molar-refractivity contribution in [3.63, 3.8) is 0 Å². The van der Waals surface area contributed by atoms with Crippen LogP contribution >= 0.6 is 0 Å². The standard InChI is InChI=1S/C23H27F3N6O5/c1-12-7-17-20(30-19(12)21(35)28-13(2)23(24,25)26)32(14-4-6-31(17)9-14)22(36)29-18-8-16(3-5-27-18)37-11-15(34)10-33/h3,5,7-8,13-15,33-34H,4,6,9-11H2,1-2H3,(H,28,35)(H,27,29,36)/t13?,14-,15?/m0/s1. The number of pyridine rings is 2. The van der Waals surface area contributed by atoms with Crippen LogP contribution in [0.4, 0.5) is 35.3 Å². The highest BCUT2D eigenvalue weighted by atomic mass is 19.4. The second-order valence-electron chi connectivity index (χ2n) is 8.95. The number of rotatable bonds is 7. The average Bonchev–Trinajstić information content (AvgIpc) is 3.26. The van der Waals surface area contributed by atoms with Gasteiger partial charge in [-0.15, -0.1) is 0 Å². The molecule has 11 nitrogen and oxygen atoms in total. The molecule has 200 valence electrons. The number of urea groups is 1. The number of nitrogens with zero attached hydrogens (tertiary/aromatic N) is 4. The maximum Gasteiger partial charge on any atom is 0.408 e. The summed E-state index contributed by atoms with van der Waals surface area (Å²) in [4.78, 5) is 37.9. The van der Waals surface area contributed by atoms with Crippen LogP contribution in [0.1, 0.15) is 29.4 Å². The first-order valence-electron chi connectivity index (χ1n) is 11.6. The first-order valence-corrected chi connectivity index (χ1v) is 11.6. The topological polar surface area (TPSA) is 140 Å². The molecule has 4 N–H and O–H groups in total. The molecule has 1 saturated heterocycles. The Morgan fingerprint density at radius 3 is 2.78 bits per heavy atom. The number of aliphatic hydroxyl groups excluding tert-OH is 2.